The molecule has 0 aliphatic rings. The Kier molecular flexibility index (Phi) is 10.9. The summed E-state index contributed by atoms with van der Waals surface area (Å²) in [6.07, 6.45) is 10.1. The standard InChI is InChI=1S/C32H30F8N4S2/c1-3-5-7-9-11-13-15-41-43-31(45-15)21-19-17(26(36)30(40)28(21)38)18-20(27(37)25(19)35)23(33)22(29(39)24(18)34)32-44-42-16(46-32)14-12-10-8-6-4-2/h3-14H2,1-2H3. The van der Waals surface area contributed by atoms with Crippen LogP contribution >= 0.6 is 22.7 Å². The summed E-state index contributed by atoms with van der Waals surface area (Å²) in [5, 5.41) is 9.67. The van der Waals surface area contributed by atoms with Gasteiger partial charge in [-0.1, -0.05) is 87.9 Å². The molecule has 246 valence electrons. The van der Waals surface area contributed by atoms with E-state index in [4.69, 9.17) is 0 Å². The molecule has 0 radical (unpaired) electrons. The topological polar surface area (TPSA) is 51.6 Å². The van der Waals surface area contributed by atoms with Crippen molar-refractivity contribution in [1.82, 2.24) is 20.4 Å². The van der Waals surface area contributed by atoms with E-state index in [9.17, 15) is 0 Å². The van der Waals surface area contributed by atoms with E-state index in [0.29, 0.717) is 29.3 Å². The normalized spacial score (nSPS) is 11.9. The third-order valence-corrected chi connectivity index (χ3v) is 9.88. The van der Waals surface area contributed by atoms with Gasteiger partial charge in [-0.05, 0) is 12.8 Å². The number of nitrogens with zero attached hydrogens (tertiary/aromatic N) is 4. The minimum absolute atomic E-state index is 0.371. The molecule has 0 amide bonds. The van der Waals surface area contributed by atoms with Crippen LogP contribution in [0.5, 0.6) is 0 Å². The van der Waals surface area contributed by atoms with Crippen molar-refractivity contribution in [3.8, 4) is 21.1 Å². The quantitative estimate of drug-likeness (QED) is 0.0384. The molecule has 0 saturated heterocycles. The van der Waals surface area contributed by atoms with Gasteiger partial charge in [0, 0.05) is 29.0 Å². The van der Waals surface area contributed by atoms with Crippen LogP contribution in [0.3, 0.4) is 0 Å². The Morgan fingerprint density at radius 2 is 0.804 bits per heavy atom. The van der Waals surface area contributed by atoms with Crippen LogP contribution in [-0.4, -0.2) is 20.4 Å². The SMILES string of the molecule is CCCCCCCc1nnc(-c2c(F)c(F)c3c(c2F)c(F)c(F)c2c(-c4nnc(CCCCCCC)s4)c(F)c(F)c(F)c23)s1. The Bertz CT molecular complexity index is 1890. The lowest BCUT2D eigenvalue weighted by Gasteiger charge is -2.16. The van der Waals surface area contributed by atoms with Gasteiger partial charge in [-0.3, -0.25) is 0 Å². The van der Waals surface area contributed by atoms with Gasteiger partial charge in [-0.15, -0.1) is 20.4 Å². The number of halogens is 8. The highest BCUT2D eigenvalue weighted by molar-refractivity contribution is 7.15. The highest BCUT2D eigenvalue weighted by Crippen LogP contribution is 2.46. The van der Waals surface area contributed by atoms with Crippen molar-refractivity contribution in [3.05, 3.63) is 56.6 Å². The van der Waals surface area contributed by atoms with Gasteiger partial charge in [0.2, 0.25) is 0 Å². The van der Waals surface area contributed by atoms with Gasteiger partial charge in [-0.2, -0.15) is 0 Å². The first-order chi connectivity index (χ1) is 22.1. The lowest BCUT2D eigenvalue weighted by molar-refractivity contribution is 0.453. The first-order valence-electron chi connectivity index (χ1n) is 15.2. The molecular formula is C32H30F8N4S2. The second-order valence-corrected chi connectivity index (χ2v) is 13.2. The van der Waals surface area contributed by atoms with E-state index >= 15 is 35.1 Å². The van der Waals surface area contributed by atoms with E-state index in [-0.39, 0.29) is 0 Å². The van der Waals surface area contributed by atoms with Crippen LogP contribution < -0.4 is 0 Å². The van der Waals surface area contributed by atoms with Crippen LogP contribution in [0.4, 0.5) is 35.1 Å². The molecule has 2 aromatic heterocycles. The van der Waals surface area contributed by atoms with Crippen molar-refractivity contribution in [2.75, 3.05) is 0 Å². The van der Waals surface area contributed by atoms with Gasteiger partial charge in [0.15, 0.2) is 50.7 Å². The number of aryl methyl sites for hydroxylation is 2. The summed E-state index contributed by atoms with van der Waals surface area (Å²) in [5.74, 6) is -16.0. The predicted octanol–water partition coefficient (Wildman–Crippen LogP) is 11.2. The molecule has 5 rings (SSSR count). The predicted molar refractivity (Wildman–Crippen MR) is 164 cm³/mol. The fourth-order valence-corrected chi connectivity index (χ4v) is 7.34. The summed E-state index contributed by atoms with van der Waals surface area (Å²) in [6.45, 7) is 4.12. The monoisotopic (exact) mass is 686 g/mol. The van der Waals surface area contributed by atoms with Crippen molar-refractivity contribution in [1.29, 1.82) is 0 Å². The largest absolute Gasteiger partial charge is 0.205 e. The average molecular weight is 687 g/mol. The maximum absolute atomic E-state index is 15.9. The van der Waals surface area contributed by atoms with Gasteiger partial charge in [-0.25, -0.2) is 35.1 Å². The van der Waals surface area contributed by atoms with Crippen LogP contribution in [0.2, 0.25) is 0 Å². The summed E-state index contributed by atoms with van der Waals surface area (Å²) in [7, 11) is 0. The van der Waals surface area contributed by atoms with E-state index < -0.39 is 89.2 Å². The lowest BCUT2D eigenvalue weighted by atomic mass is 9.94. The smallest absolute Gasteiger partial charge is 0.195 e. The molecule has 0 aliphatic heterocycles. The zero-order chi connectivity index (χ0) is 33.1. The molecule has 0 N–H and O–H groups in total. The number of hydrogen-bond donors (Lipinski definition) is 0. The summed E-state index contributed by atoms with van der Waals surface area (Å²) >= 11 is 1.48. The number of rotatable bonds is 14. The molecule has 0 fully saturated rings. The molecule has 2 heterocycles. The molecule has 0 saturated carbocycles. The van der Waals surface area contributed by atoms with E-state index in [0.717, 1.165) is 80.5 Å². The van der Waals surface area contributed by atoms with Gasteiger partial charge in [0.1, 0.15) is 15.8 Å². The zero-order valence-electron chi connectivity index (χ0n) is 25.1. The van der Waals surface area contributed by atoms with Gasteiger partial charge < -0.3 is 0 Å². The van der Waals surface area contributed by atoms with Crippen LogP contribution in [0, 0.1) is 46.5 Å². The number of aromatic nitrogens is 4. The molecule has 0 aliphatic carbocycles. The van der Waals surface area contributed by atoms with Crippen molar-refractivity contribution in [2.45, 2.75) is 90.9 Å². The third kappa shape index (κ3) is 6.34. The molecule has 3 aromatic carbocycles. The van der Waals surface area contributed by atoms with Crippen LogP contribution in [-0.2, 0) is 12.8 Å². The highest BCUT2D eigenvalue weighted by atomic mass is 32.1. The Hall–Kier alpha value is -3.26. The Labute approximate surface area is 267 Å². The fraction of sp³-hybridized carbons (Fsp3) is 0.438. The van der Waals surface area contributed by atoms with Crippen molar-refractivity contribution in [3.63, 3.8) is 0 Å². The number of fused-ring (bicyclic) bond motifs is 3. The minimum Gasteiger partial charge on any atom is -0.205 e. The molecule has 46 heavy (non-hydrogen) atoms. The molecule has 0 bridgehead atoms. The average Bonchev–Trinajstić information content (AvgIpc) is 3.70. The van der Waals surface area contributed by atoms with Crippen LogP contribution in [0.15, 0.2) is 0 Å². The van der Waals surface area contributed by atoms with E-state index in [2.05, 4.69) is 34.2 Å². The molecule has 0 spiro atoms. The minimum atomic E-state index is -2.18. The van der Waals surface area contributed by atoms with Gasteiger partial charge in [0.05, 0.1) is 16.5 Å². The third-order valence-electron chi connectivity index (χ3n) is 7.88. The van der Waals surface area contributed by atoms with Crippen molar-refractivity contribution in [2.24, 2.45) is 0 Å². The molecule has 0 unspecified atom stereocenters. The highest BCUT2D eigenvalue weighted by Gasteiger charge is 2.35. The van der Waals surface area contributed by atoms with E-state index in [1.165, 1.54) is 0 Å². The first-order valence-corrected chi connectivity index (χ1v) is 16.9. The summed E-state index contributed by atoms with van der Waals surface area (Å²) in [4.78, 5) is 0. The fourth-order valence-electron chi connectivity index (χ4n) is 5.49. The molecular weight excluding hydrogens is 656 g/mol. The Morgan fingerprint density at radius 1 is 0.391 bits per heavy atom. The summed E-state index contributed by atoms with van der Waals surface area (Å²) < 4.78 is 124. The lowest BCUT2D eigenvalue weighted by Crippen LogP contribution is -2.06. The summed E-state index contributed by atoms with van der Waals surface area (Å²) in [5.41, 5.74) is -2.16. The Morgan fingerprint density at radius 3 is 1.35 bits per heavy atom. The maximum atomic E-state index is 15.9. The Balaban J connectivity index is 1.64. The molecule has 0 atom stereocenters. The van der Waals surface area contributed by atoms with Crippen molar-refractivity contribution >= 4 is 44.2 Å². The van der Waals surface area contributed by atoms with Gasteiger partial charge in [0.25, 0.3) is 0 Å². The second-order valence-electron chi connectivity index (χ2n) is 11.1. The van der Waals surface area contributed by atoms with Crippen LogP contribution in [0.25, 0.3) is 42.7 Å². The van der Waals surface area contributed by atoms with Crippen molar-refractivity contribution < 1.29 is 35.1 Å². The molecule has 14 heteroatoms. The maximum Gasteiger partial charge on any atom is 0.195 e. The molecule has 5 aromatic rings. The van der Waals surface area contributed by atoms with Crippen LogP contribution in [0.1, 0.15) is 88.1 Å². The van der Waals surface area contributed by atoms with Gasteiger partial charge >= 0.3 is 0 Å². The first kappa shape index (κ1) is 34.1. The number of unbranched alkanes of at least 4 members (excludes halogenated alkanes) is 8. The molecule has 4 nitrogen and oxygen atoms in total. The number of benzene rings is 3. The van der Waals surface area contributed by atoms with E-state index in [1.807, 2.05) is 0 Å². The number of hydrogen-bond acceptors (Lipinski definition) is 6. The van der Waals surface area contributed by atoms with E-state index in [1.54, 1.807) is 0 Å². The zero-order valence-corrected chi connectivity index (χ0v) is 26.7. The second kappa shape index (κ2) is 14.7. The summed E-state index contributed by atoms with van der Waals surface area (Å²) in [6, 6.07) is 0.